The molecule has 1 aromatic carbocycles. The summed E-state index contributed by atoms with van der Waals surface area (Å²) < 4.78 is 5.78. The van der Waals surface area contributed by atoms with Gasteiger partial charge < -0.3 is 15.2 Å². The van der Waals surface area contributed by atoms with Gasteiger partial charge >= 0.3 is 0 Å². The Labute approximate surface area is 90.1 Å². The third kappa shape index (κ3) is 2.94. The fraction of sp³-hybridized carbons (Fsp3) is 0.500. The molecule has 82 valence electrons. The Bertz CT molecular complexity index is 291. The summed E-state index contributed by atoms with van der Waals surface area (Å²) in [5.74, 6) is 0.922. The highest BCUT2D eigenvalue weighted by Gasteiger charge is 2.15. The first-order valence-corrected chi connectivity index (χ1v) is 5.45. The van der Waals surface area contributed by atoms with Crippen LogP contribution in [-0.2, 0) is 6.42 Å². The van der Waals surface area contributed by atoms with Crippen molar-refractivity contribution in [3.05, 3.63) is 29.8 Å². The van der Waals surface area contributed by atoms with Crippen LogP contribution in [0.1, 0.15) is 12.0 Å². The van der Waals surface area contributed by atoms with Crippen LogP contribution in [0.5, 0.6) is 5.75 Å². The molecule has 1 aromatic rings. The Balaban J connectivity index is 1.91. The van der Waals surface area contributed by atoms with Gasteiger partial charge in [-0.25, -0.2) is 0 Å². The van der Waals surface area contributed by atoms with Crippen molar-refractivity contribution in [2.24, 2.45) is 0 Å². The van der Waals surface area contributed by atoms with E-state index < -0.39 is 0 Å². The minimum atomic E-state index is 0.201. The molecule has 1 fully saturated rings. The number of aliphatic hydroxyl groups excluding tert-OH is 1. The molecule has 2 N–H and O–H groups in total. The van der Waals surface area contributed by atoms with E-state index in [2.05, 4.69) is 5.32 Å². The van der Waals surface area contributed by atoms with Crippen molar-refractivity contribution in [1.29, 1.82) is 0 Å². The molecular weight excluding hydrogens is 190 g/mol. The van der Waals surface area contributed by atoms with Gasteiger partial charge in [-0.3, -0.25) is 0 Å². The van der Waals surface area contributed by atoms with E-state index in [4.69, 9.17) is 9.84 Å². The molecule has 1 aliphatic heterocycles. The predicted molar refractivity (Wildman–Crippen MR) is 59.1 cm³/mol. The maximum absolute atomic E-state index is 8.78. The summed E-state index contributed by atoms with van der Waals surface area (Å²) >= 11 is 0. The van der Waals surface area contributed by atoms with Crippen LogP contribution in [0, 0.1) is 0 Å². The maximum atomic E-state index is 8.78. The van der Waals surface area contributed by atoms with Crippen LogP contribution in [-0.4, -0.2) is 30.9 Å². The lowest BCUT2D eigenvalue weighted by molar-refractivity contribution is 0.223. The summed E-state index contributed by atoms with van der Waals surface area (Å²) in [7, 11) is 0. The third-order valence-corrected chi connectivity index (χ3v) is 2.64. The lowest BCUT2D eigenvalue weighted by Gasteiger charge is -2.12. The molecule has 0 radical (unpaired) electrons. The van der Waals surface area contributed by atoms with Crippen molar-refractivity contribution in [3.63, 3.8) is 0 Å². The lowest BCUT2D eigenvalue weighted by Crippen LogP contribution is -2.19. The van der Waals surface area contributed by atoms with Gasteiger partial charge in [0.15, 0.2) is 0 Å². The van der Waals surface area contributed by atoms with E-state index >= 15 is 0 Å². The van der Waals surface area contributed by atoms with Crippen molar-refractivity contribution < 1.29 is 9.84 Å². The van der Waals surface area contributed by atoms with Crippen molar-refractivity contribution in [2.45, 2.75) is 18.9 Å². The Morgan fingerprint density at radius 3 is 2.73 bits per heavy atom. The molecule has 0 saturated carbocycles. The molecule has 0 aromatic heterocycles. The molecule has 0 amide bonds. The van der Waals surface area contributed by atoms with Gasteiger partial charge in [0.25, 0.3) is 0 Å². The monoisotopic (exact) mass is 207 g/mol. The van der Waals surface area contributed by atoms with Gasteiger partial charge in [-0.15, -0.1) is 0 Å². The molecule has 1 heterocycles. The normalized spacial score (nSPS) is 20.5. The van der Waals surface area contributed by atoms with Gasteiger partial charge in [0, 0.05) is 13.2 Å². The van der Waals surface area contributed by atoms with Crippen LogP contribution >= 0.6 is 0 Å². The summed E-state index contributed by atoms with van der Waals surface area (Å²) in [4.78, 5) is 0. The van der Waals surface area contributed by atoms with Gasteiger partial charge in [0.1, 0.15) is 11.9 Å². The van der Waals surface area contributed by atoms with Gasteiger partial charge in [-0.2, -0.15) is 0 Å². The molecule has 0 spiro atoms. The number of hydrogen-bond acceptors (Lipinski definition) is 3. The zero-order valence-corrected chi connectivity index (χ0v) is 8.78. The Morgan fingerprint density at radius 2 is 2.13 bits per heavy atom. The van der Waals surface area contributed by atoms with Gasteiger partial charge in [-0.05, 0) is 37.1 Å². The largest absolute Gasteiger partial charge is 0.489 e. The van der Waals surface area contributed by atoms with Crippen LogP contribution < -0.4 is 10.1 Å². The summed E-state index contributed by atoms with van der Waals surface area (Å²) in [5, 5.41) is 12.0. The van der Waals surface area contributed by atoms with E-state index in [1.807, 2.05) is 24.3 Å². The molecule has 0 bridgehead atoms. The minimum absolute atomic E-state index is 0.201. The molecule has 3 nitrogen and oxygen atoms in total. The van der Waals surface area contributed by atoms with Crippen LogP contribution in [0.3, 0.4) is 0 Å². The molecule has 1 saturated heterocycles. The zero-order valence-electron chi connectivity index (χ0n) is 8.78. The second-order valence-corrected chi connectivity index (χ2v) is 3.85. The van der Waals surface area contributed by atoms with Crippen molar-refractivity contribution in [1.82, 2.24) is 5.32 Å². The maximum Gasteiger partial charge on any atom is 0.119 e. The van der Waals surface area contributed by atoms with Crippen LogP contribution in [0.15, 0.2) is 24.3 Å². The van der Waals surface area contributed by atoms with Gasteiger partial charge in [0.2, 0.25) is 0 Å². The molecule has 1 aliphatic rings. The SMILES string of the molecule is OCCc1ccc(OC2CCNC2)cc1. The van der Waals surface area contributed by atoms with Crippen LogP contribution in [0.2, 0.25) is 0 Å². The average molecular weight is 207 g/mol. The van der Waals surface area contributed by atoms with Crippen molar-refractivity contribution in [2.75, 3.05) is 19.7 Å². The summed E-state index contributed by atoms with van der Waals surface area (Å²) in [6.45, 7) is 2.19. The Hall–Kier alpha value is -1.06. The lowest BCUT2D eigenvalue weighted by atomic mass is 10.1. The Kier molecular flexibility index (Phi) is 3.59. The number of aliphatic hydroxyl groups is 1. The topological polar surface area (TPSA) is 41.5 Å². The highest BCUT2D eigenvalue weighted by atomic mass is 16.5. The number of hydrogen-bond donors (Lipinski definition) is 2. The molecule has 0 aliphatic carbocycles. The van der Waals surface area contributed by atoms with Crippen molar-refractivity contribution in [3.8, 4) is 5.75 Å². The van der Waals surface area contributed by atoms with Gasteiger partial charge in [-0.1, -0.05) is 12.1 Å². The molecule has 3 heteroatoms. The van der Waals surface area contributed by atoms with E-state index in [9.17, 15) is 0 Å². The van der Waals surface area contributed by atoms with Crippen LogP contribution in [0.25, 0.3) is 0 Å². The number of rotatable bonds is 4. The van der Waals surface area contributed by atoms with E-state index in [1.54, 1.807) is 0 Å². The molecule has 2 rings (SSSR count). The summed E-state index contributed by atoms with van der Waals surface area (Å²) in [6.07, 6.45) is 2.11. The third-order valence-electron chi connectivity index (χ3n) is 2.64. The van der Waals surface area contributed by atoms with E-state index in [0.717, 1.165) is 30.8 Å². The fourth-order valence-electron chi connectivity index (χ4n) is 1.78. The fourth-order valence-corrected chi connectivity index (χ4v) is 1.78. The molecule has 15 heavy (non-hydrogen) atoms. The smallest absolute Gasteiger partial charge is 0.119 e. The first-order valence-electron chi connectivity index (χ1n) is 5.45. The molecular formula is C12H17NO2. The number of benzene rings is 1. The van der Waals surface area contributed by atoms with E-state index in [0.29, 0.717) is 12.5 Å². The second-order valence-electron chi connectivity index (χ2n) is 3.85. The molecule has 1 unspecified atom stereocenters. The average Bonchev–Trinajstić information content (AvgIpc) is 2.74. The highest BCUT2D eigenvalue weighted by Crippen LogP contribution is 2.16. The number of ether oxygens (including phenoxy) is 1. The summed E-state index contributed by atoms with van der Waals surface area (Å²) in [5.41, 5.74) is 1.15. The quantitative estimate of drug-likeness (QED) is 0.772. The zero-order chi connectivity index (χ0) is 10.5. The minimum Gasteiger partial charge on any atom is -0.489 e. The second kappa shape index (κ2) is 5.14. The summed E-state index contributed by atoms with van der Waals surface area (Å²) in [6, 6.07) is 7.97. The predicted octanol–water partition coefficient (Wildman–Crippen LogP) is 0.962. The number of nitrogens with one attached hydrogen (secondary N) is 1. The molecule has 1 atom stereocenters. The Morgan fingerprint density at radius 1 is 1.33 bits per heavy atom. The van der Waals surface area contributed by atoms with Crippen molar-refractivity contribution >= 4 is 0 Å². The first-order chi connectivity index (χ1) is 7.38. The van der Waals surface area contributed by atoms with E-state index in [1.165, 1.54) is 0 Å². The van der Waals surface area contributed by atoms with E-state index in [-0.39, 0.29) is 6.61 Å². The van der Waals surface area contributed by atoms with Gasteiger partial charge in [0.05, 0.1) is 0 Å². The van der Waals surface area contributed by atoms with Crippen LogP contribution in [0.4, 0.5) is 0 Å². The first kappa shape index (κ1) is 10.5. The standard InChI is InChI=1S/C12H17NO2/c14-8-6-10-1-3-11(4-2-10)15-12-5-7-13-9-12/h1-4,12-14H,5-9H2. The highest BCUT2D eigenvalue weighted by molar-refractivity contribution is 5.27.